The van der Waals surface area contributed by atoms with E-state index in [0.29, 0.717) is 12.1 Å². The van der Waals surface area contributed by atoms with Crippen molar-refractivity contribution in [2.75, 3.05) is 0 Å². The van der Waals surface area contributed by atoms with E-state index in [1.807, 2.05) is 0 Å². The Morgan fingerprint density at radius 1 is 1.22 bits per heavy atom. The van der Waals surface area contributed by atoms with E-state index in [1.54, 1.807) is 0 Å². The number of rotatable bonds is 4. The van der Waals surface area contributed by atoms with Crippen LogP contribution in [0.1, 0.15) is 68.0 Å². The molecule has 1 atom stereocenters. The topological polar surface area (TPSA) is 42.7 Å². The molecule has 0 radical (unpaired) electrons. The average Bonchev–Trinajstić information content (AvgIpc) is 3.29. The molecule has 1 fully saturated rings. The van der Waals surface area contributed by atoms with Gasteiger partial charge in [-0.1, -0.05) is 38.1 Å². The molecule has 2 aliphatic carbocycles. The second-order valence-corrected chi connectivity index (χ2v) is 7.77. The first kappa shape index (κ1) is 14.9. The molecule has 0 saturated heterocycles. The predicted molar refractivity (Wildman–Crippen MR) is 91.2 cm³/mol. The lowest BCUT2D eigenvalue weighted by atomic mass is 9.70. The van der Waals surface area contributed by atoms with Crippen molar-refractivity contribution in [1.82, 2.24) is 20.1 Å². The van der Waals surface area contributed by atoms with Gasteiger partial charge >= 0.3 is 0 Å². The quantitative estimate of drug-likeness (QED) is 0.936. The van der Waals surface area contributed by atoms with Crippen LogP contribution in [-0.4, -0.2) is 14.8 Å². The predicted octanol–water partition coefficient (Wildman–Crippen LogP) is 3.72. The van der Waals surface area contributed by atoms with E-state index >= 15 is 0 Å². The number of hydrogen-bond donors (Lipinski definition) is 1. The molecular weight excluding hydrogens is 284 g/mol. The molecule has 1 N–H and O–H groups in total. The number of hydrogen-bond acceptors (Lipinski definition) is 3. The maximum Gasteiger partial charge on any atom is 0.147 e. The lowest BCUT2D eigenvalue weighted by Crippen LogP contribution is -2.38. The van der Waals surface area contributed by atoms with Crippen LogP contribution in [0.2, 0.25) is 0 Å². The molecule has 4 nitrogen and oxygen atoms in total. The van der Waals surface area contributed by atoms with Crippen LogP contribution in [-0.2, 0) is 13.0 Å². The molecule has 4 rings (SSSR count). The SMILES string of the molecule is Cc1nnc(CN[C@@H]2c3ccccc3CCC2(C)C)n1C1CC1. The molecule has 23 heavy (non-hydrogen) atoms. The van der Waals surface area contributed by atoms with Gasteiger partial charge in [-0.2, -0.15) is 0 Å². The third-order valence-corrected chi connectivity index (χ3v) is 5.50. The monoisotopic (exact) mass is 310 g/mol. The number of aryl methyl sites for hydroxylation is 2. The van der Waals surface area contributed by atoms with Crippen molar-refractivity contribution in [3.05, 3.63) is 47.0 Å². The van der Waals surface area contributed by atoms with Crippen molar-refractivity contribution < 1.29 is 0 Å². The van der Waals surface area contributed by atoms with Gasteiger partial charge in [0, 0.05) is 12.1 Å². The highest BCUT2D eigenvalue weighted by Gasteiger charge is 2.36. The maximum absolute atomic E-state index is 4.42. The lowest BCUT2D eigenvalue weighted by Gasteiger charge is -2.40. The summed E-state index contributed by atoms with van der Waals surface area (Å²) in [6.45, 7) is 7.60. The van der Waals surface area contributed by atoms with E-state index in [-0.39, 0.29) is 5.41 Å². The Kier molecular flexibility index (Phi) is 3.52. The Labute approximate surface area is 138 Å². The van der Waals surface area contributed by atoms with Crippen LogP contribution in [0.25, 0.3) is 0 Å². The molecule has 1 heterocycles. The second-order valence-electron chi connectivity index (χ2n) is 7.77. The fourth-order valence-corrected chi connectivity index (χ4v) is 3.99. The summed E-state index contributed by atoms with van der Waals surface area (Å²) >= 11 is 0. The minimum Gasteiger partial charge on any atom is -0.311 e. The van der Waals surface area contributed by atoms with Crippen LogP contribution < -0.4 is 5.32 Å². The molecule has 0 amide bonds. The third-order valence-electron chi connectivity index (χ3n) is 5.50. The Bertz CT molecular complexity index is 712. The van der Waals surface area contributed by atoms with Gasteiger partial charge in [-0.15, -0.1) is 10.2 Å². The van der Waals surface area contributed by atoms with E-state index in [1.165, 1.54) is 36.8 Å². The molecular formula is C19H26N4. The zero-order chi connectivity index (χ0) is 16.0. The Hall–Kier alpha value is -1.68. The van der Waals surface area contributed by atoms with Crippen molar-refractivity contribution in [2.45, 2.75) is 65.1 Å². The molecule has 122 valence electrons. The van der Waals surface area contributed by atoms with Crippen LogP contribution in [0.5, 0.6) is 0 Å². The number of nitrogens with zero attached hydrogens (tertiary/aromatic N) is 3. The summed E-state index contributed by atoms with van der Waals surface area (Å²) in [5.74, 6) is 2.14. The van der Waals surface area contributed by atoms with Gasteiger partial charge in [-0.05, 0) is 49.1 Å². The highest BCUT2D eigenvalue weighted by atomic mass is 15.3. The van der Waals surface area contributed by atoms with Gasteiger partial charge in [0.1, 0.15) is 11.6 Å². The Balaban J connectivity index is 1.58. The first-order valence-electron chi connectivity index (χ1n) is 8.78. The van der Waals surface area contributed by atoms with Crippen LogP contribution >= 0.6 is 0 Å². The van der Waals surface area contributed by atoms with Gasteiger partial charge < -0.3 is 9.88 Å². The first-order chi connectivity index (χ1) is 11.1. The van der Waals surface area contributed by atoms with Gasteiger partial charge in [0.25, 0.3) is 0 Å². The van der Waals surface area contributed by atoms with Crippen LogP contribution in [0.3, 0.4) is 0 Å². The second kappa shape index (κ2) is 5.45. The van der Waals surface area contributed by atoms with Gasteiger partial charge in [-0.3, -0.25) is 0 Å². The average molecular weight is 310 g/mol. The van der Waals surface area contributed by atoms with E-state index in [4.69, 9.17) is 0 Å². The Morgan fingerprint density at radius 2 is 2.00 bits per heavy atom. The lowest BCUT2D eigenvalue weighted by molar-refractivity contribution is 0.206. The smallest absolute Gasteiger partial charge is 0.147 e. The van der Waals surface area contributed by atoms with Gasteiger partial charge in [0.15, 0.2) is 0 Å². The van der Waals surface area contributed by atoms with E-state index < -0.39 is 0 Å². The van der Waals surface area contributed by atoms with E-state index in [0.717, 1.165) is 18.2 Å². The number of benzene rings is 1. The number of fused-ring (bicyclic) bond motifs is 1. The highest BCUT2D eigenvalue weighted by Crippen LogP contribution is 2.43. The van der Waals surface area contributed by atoms with Crippen molar-refractivity contribution in [2.24, 2.45) is 5.41 Å². The molecule has 0 bridgehead atoms. The summed E-state index contributed by atoms with van der Waals surface area (Å²) in [5, 5.41) is 12.5. The molecule has 1 saturated carbocycles. The van der Waals surface area contributed by atoms with Crippen molar-refractivity contribution in [3.63, 3.8) is 0 Å². The molecule has 4 heteroatoms. The summed E-state index contributed by atoms with van der Waals surface area (Å²) < 4.78 is 2.33. The van der Waals surface area contributed by atoms with Crippen LogP contribution in [0.4, 0.5) is 0 Å². The molecule has 0 unspecified atom stereocenters. The zero-order valence-electron chi connectivity index (χ0n) is 14.3. The molecule has 0 aliphatic heterocycles. The van der Waals surface area contributed by atoms with Gasteiger partial charge in [0.2, 0.25) is 0 Å². The minimum atomic E-state index is 0.258. The number of aromatic nitrogens is 3. The summed E-state index contributed by atoms with van der Waals surface area (Å²) in [5.41, 5.74) is 3.20. The molecule has 1 aromatic heterocycles. The fourth-order valence-electron chi connectivity index (χ4n) is 3.99. The van der Waals surface area contributed by atoms with Crippen molar-refractivity contribution in [3.8, 4) is 0 Å². The summed E-state index contributed by atoms with van der Waals surface area (Å²) in [4.78, 5) is 0. The molecule has 2 aliphatic rings. The van der Waals surface area contributed by atoms with Gasteiger partial charge in [-0.25, -0.2) is 0 Å². The zero-order valence-corrected chi connectivity index (χ0v) is 14.3. The van der Waals surface area contributed by atoms with Crippen LogP contribution in [0.15, 0.2) is 24.3 Å². The molecule has 0 spiro atoms. The maximum atomic E-state index is 4.42. The van der Waals surface area contributed by atoms with Crippen LogP contribution in [0, 0.1) is 12.3 Å². The van der Waals surface area contributed by atoms with Crippen molar-refractivity contribution in [1.29, 1.82) is 0 Å². The summed E-state index contributed by atoms with van der Waals surface area (Å²) in [6.07, 6.45) is 4.93. The molecule has 1 aromatic carbocycles. The minimum absolute atomic E-state index is 0.258. The summed E-state index contributed by atoms with van der Waals surface area (Å²) in [6, 6.07) is 9.87. The van der Waals surface area contributed by atoms with Crippen molar-refractivity contribution >= 4 is 0 Å². The molecule has 2 aromatic rings. The first-order valence-corrected chi connectivity index (χ1v) is 8.78. The fraction of sp³-hybridized carbons (Fsp3) is 0.579. The van der Waals surface area contributed by atoms with Gasteiger partial charge in [0.05, 0.1) is 6.54 Å². The summed E-state index contributed by atoms with van der Waals surface area (Å²) in [7, 11) is 0. The van der Waals surface area contributed by atoms with E-state index in [2.05, 4.69) is 65.1 Å². The standard InChI is InChI=1S/C19H26N4/c1-13-21-22-17(23(13)15-8-9-15)12-20-18-16-7-5-4-6-14(16)10-11-19(18,2)3/h4-7,15,18,20H,8-12H2,1-3H3/t18-/m1/s1. The van der Waals surface area contributed by atoms with E-state index in [9.17, 15) is 0 Å². The normalized spacial score (nSPS) is 22.8. The third kappa shape index (κ3) is 2.69. The largest absolute Gasteiger partial charge is 0.311 e. The highest BCUT2D eigenvalue weighted by molar-refractivity contribution is 5.34. The Morgan fingerprint density at radius 3 is 2.78 bits per heavy atom. The number of nitrogens with one attached hydrogen (secondary N) is 1.